The molecule has 1 heterocycles. The molecule has 1 N–H and O–H groups in total. The molecule has 1 aromatic heterocycles. The van der Waals surface area contributed by atoms with Gasteiger partial charge in [0.2, 0.25) is 0 Å². The molecule has 1 aliphatic carbocycles. The molecule has 1 atom stereocenters. The molecule has 17 heavy (non-hydrogen) atoms. The normalized spacial score (nSPS) is 30.8. The highest BCUT2D eigenvalue weighted by molar-refractivity contribution is 5.18. The van der Waals surface area contributed by atoms with Gasteiger partial charge >= 0.3 is 0 Å². The number of nitriles is 1. The molecule has 0 radical (unpaired) electrons. The Morgan fingerprint density at radius 2 is 2.24 bits per heavy atom. The van der Waals surface area contributed by atoms with Crippen molar-refractivity contribution in [2.24, 2.45) is 18.4 Å². The molecule has 92 valence electrons. The van der Waals surface area contributed by atoms with Gasteiger partial charge in [0.15, 0.2) is 0 Å². The summed E-state index contributed by atoms with van der Waals surface area (Å²) in [6.45, 7) is 2.21. The van der Waals surface area contributed by atoms with E-state index >= 15 is 0 Å². The SMILES string of the molecule is CC1CCC(C#N)(C(O)c2cnn(C)c2)CC1. The van der Waals surface area contributed by atoms with Gasteiger partial charge < -0.3 is 5.11 Å². The van der Waals surface area contributed by atoms with Crippen LogP contribution in [0.1, 0.15) is 44.3 Å². The van der Waals surface area contributed by atoms with Gasteiger partial charge in [0, 0.05) is 18.8 Å². The van der Waals surface area contributed by atoms with Gasteiger partial charge in [-0.25, -0.2) is 0 Å². The average Bonchev–Trinajstić information content (AvgIpc) is 2.76. The van der Waals surface area contributed by atoms with Gasteiger partial charge in [-0.15, -0.1) is 0 Å². The summed E-state index contributed by atoms with van der Waals surface area (Å²) >= 11 is 0. The van der Waals surface area contributed by atoms with Crippen LogP contribution in [0.2, 0.25) is 0 Å². The Morgan fingerprint density at radius 1 is 1.59 bits per heavy atom. The molecule has 1 unspecified atom stereocenters. The van der Waals surface area contributed by atoms with E-state index in [-0.39, 0.29) is 0 Å². The first-order valence-electron chi connectivity index (χ1n) is 6.15. The van der Waals surface area contributed by atoms with Crippen molar-refractivity contribution in [3.8, 4) is 6.07 Å². The minimum absolute atomic E-state index is 0.616. The lowest BCUT2D eigenvalue weighted by Crippen LogP contribution is -2.31. The summed E-state index contributed by atoms with van der Waals surface area (Å²) in [6.07, 6.45) is 6.33. The standard InChI is InChI=1S/C13H19N3O/c1-10-3-5-13(9-14,6-4-10)12(17)11-7-15-16(2)8-11/h7-8,10,12,17H,3-6H2,1-2H3. The highest BCUT2D eigenvalue weighted by atomic mass is 16.3. The van der Waals surface area contributed by atoms with Crippen LogP contribution in [0.25, 0.3) is 0 Å². The third-order valence-corrected chi connectivity index (χ3v) is 3.95. The fraction of sp³-hybridized carbons (Fsp3) is 0.692. The Hall–Kier alpha value is -1.34. The van der Waals surface area contributed by atoms with Crippen LogP contribution in [-0.2, 0) is 7.05 Å². The van der Waals surface area contributed by atoms with E-state index in [1.807, 2.05) is 7.05 Å². The minimum atomic E-state index is -0.714. The Morgan fingerprint density at radius 3 is 2.71 bits per heavy atom. The van der Waals surface area contributed by atoms with Crippen LogP contribution < -0.4 is 0 Å². The molecule has 1 saturated carbocycles. The molecule has 0 amide bonds. The topological polar surface area (TPSA) is 61.8 Å². The zero-order valence-electron chi connectivity index (χ0n) is 10.4. The second-order valence-corrected chi connectivity index (χ2v) is 5.30. The summed E-state index contributed by atoms with van der Waals surface area (Å²) in [6, 6.07) is 2.36. The summed E-state index contributed by atoms with van der Waals surface area (Å²) in [5.74, 6) is 0.664. The summed E-state index contributed by atoms with van der Waals surface area (Å²) in [7, 11) is 1.82. The second-order valence-electron chi connectivity index (χ2n) is 5.30. The van der Waals surface area contributed by atoms with E-state index in [2.05, 4.69) is 18.1 Å². The molecule has 0 spiro atoms. The minimum Gasteiger partial charge on any atom is -0.387 e. The summed E-state index contributed by atoms with van der Waals surface area (Å²) in [5.41, 5.74) is 0.138. The van der Waals surface area contributed by atoms with E-state index in [0.29, 0.717) is 5.92 Å². The van der Waals surface area contributed by atoms with E-state index in [9.17, 15) is 10.4 Å². The van der Waals surface area contributed by atoms with Gasteiger partial charge in [0.05, 0.1) is 17.7 Å². The number of aromatic nitrogens is 2. The van der Waals surface area contributed by atoms with Gasteiger partial charge in [-0.2, -0.15) is 10.4 Å². The van der Waals surface area contributed by atoms with Crippen molar-refractivity contribution in [2.75, 3.05) is 0 Å². The Kier molecular flexibility index (Phi) is 3.21. The lowest BCUT2D eigenvalue weighted by atomic mass is 9.67. The highest BCUT2D eigenvalue weighted by Gasteiger charge is 2.42. The van der Waals surface area contributed by atoms with Crippen molar-refractivity contribution >= 4 is 0 Å². The predicted molar refractivity (Wildman–Crippen MR) is 63.8 cm³/mol. The number of rotatable bonds is 2. The maximum absolute atomic E-state index is 10.4. The number of aliphatic hydroxyl groups is 1. The molecule has 0 saturated heterocycles. The van der Waals surface area contributed by atoms with Crippen molar-refractivity contribution in [1.82, 2.24) is 9.78 Å². The number of hydrogen-bond acceptors (Lipinski definition) is 3. The first kappa shape index (κ1) is 12.1. The fourth-order valence-electron chi connectivity index (χ4n) is 2.62. The zero-order chi connectivity index (χ0) is 12.5. The largest absolute Gasteiger partial charge is 0.387 e. The van der Waals surface area contributed by atoms with E-state index in [1.54, 1.807) is 17.1 Å². The van der Waals surface area contributed by atoms with Crippen LogP contribution in [-0.4, -0.2) is 14.9 Å². The van der Waals surface area contributed by atoms with Gasteiger partial charge in [-0.3, -0.25) is 4.68 Å². The molecule has 1 fully saturated rings. The first-order valence-corrected chi connectivity index (χ1v) is 6.15. The first-order chi connectivity index (χ1) is 8.07. The van der Waals surface area contributed by atoms with Crippen LogP contribution in [0.5, 0.6) is 0 Å². The molecule has 4 nitrogen and oxygen atoms in total. The summed E-state index contributed by atoms with van der Waals surface area (Å²) in [5, 5.41) is 23.9. The maximum atomic E-state index is 10.4. The quantitative estimate of drug-likeness (QED) is 0.851. The third-order valence-electron chi connectivity index (χ3n) is 3.95. The zero-order valence-corrected chi connectivity index (χ0v) is 10.4. The Labute approximate surface area is 102 Å². The molecular weight excluding hydrogens is 214 g/mol. The molecule has 1 aromatic rings. The Balaban J connectivity index is 2.21. The number of hydrogen-bond donors (Lipinski definition) is 1. The lowest BCUT2D eigenvalue weighted by molar-refractivity contribution is 0.0266. The van der Waals surface area contributed by atoms with Crippen molar-refractivity contribution in [3.63, 3.8) is 0 Å². The number of aryl methyl sites for hydroxylation is 1. The number of nitrogens with zero attached hydrogens (tertiary/aromatic N) is 3. The van der Waals surface area contributed by atoms with Gasteiger partial charge in [-0.05, 0) is 31.6 Å². The molecule has 4 heteroatoms. The van der Waals surface area contributed by atoms with E-state index in [4.69, 9.17) is 0 Å². The van der Waals surface area contributed by atoms with Crippen LogP contribution >= 0.6 is 0 Å². The van der Waals surface area contributed by atoms with E-state index < -0.39 is 11.5 Å². The molecule has 1 aliphatic rings. The smallest absolute Gasteiger partial charge is 0.101 e. The maximum Gasteiger partial charge on any atom is 0.101 e. The van der Waals surface area contributed by atoms with Crippen LogP contribution in [0, 0.1) is 22.7 Å². The molecule has 0 bridgehead atoms. The predicted octanol–water partition coefficient (Wildman–Crippen LogP) is 2.17. The van der Waals surface area contributed by atoms with Gasteiger partial charge in [-0.1, -0.05) is 6.92 Å². The van der Waals surface area contributed by atoms with E-state index in [0.717, 1.165) is 31.2 Å². The average molecular weight is 233 g/mol. The van der Waals surface area contributed by atoms with Crippen molar-refractivity contribution in [2.45, 2.75) is 38.7 Å². The second kappa shape index (κ2) is 4.50. The van der Waals surface area contributed by atoms with Gasteiger partial charge in [0.1, 0.15) is 6.10 Å². The molecule has 0 aliphatic heterocycles. The highest BCUT2D eigenvalue weighted by Crippen LogP contribution is 2.46. The van der Waals surface area contributed by atoms with Crippen molar-refractivity contribution < 1.29 is 5.11 Å². The van der Waals surface area contributed by atoms with Gasteiger partial charge in [0.25, 0.3) is 0 Å². The molecule has 0 aromatic carbocycles. The number of aliphatic hydroxyl groups excluding tert-OH is 1. The van der Waals surface area contributed by atoms with Crippen LogP contribution in [0.4, 0.5) is 0 Å². The molecule has 2 rings (SSSR count). The van der Waals surface area contributed by atoms with Crippen molar-refractivity contribution in [1.29, 1.82) is 5.26 Å². The summed E-state index contributed by atoms with van der Waals surface area (Å²) in [4.78, 5) is 0. The third kappa shape index (κ3) is 2.20. The monoisotopic (exact) mass is 233 g/mol. The lowest BCUT2D eigenvalue weighted by Gasteiger charge is -2.36. The van der Waals surface area contributed by atoms with Crippen LogP contribution in [0.15, 0.2) is 12.4 Å². The fourth-order valence-corrected chi connectivity index (χ4v) is 2.62. The molecular formula is C13H19N3O. The summed E-state index contributed by atoms with van der Waals surface area (Å²) < 4.78 is 1.66. The van der Waals surface area contributed by atoms with Crippen molar-refractivity contribution in [3.05, 3.63) is 18.0 Å². The van der Waals surface area contributed by atoms with Crippen LogP contribution in [0.3, 0.4) is 0 Å². The Bertz CT molecular complexity index is 424. The van der Waals surface area contributed by atoms with E-state index in [1.165, 1.54) is 0 Å².